The van der Waals surface area contributed by atoms with Crippen LogP contribution >= 0.6 is 22.9 Å². The lowest BCUT2D eigenvalue weighted by Gasteiger charge is -2.15. The van der Waals surface area contributed by atoms with E-state index in [-0.39, 0.29) is 10.6 Å². The van der Waals surface area contributed by atoms with Crippen LogP contribution in [0.4, 0.5) is 0 Å². The Hall–Kier alpha value is -0.630. The van der Waals surface area contributed by atoms with Gasteiger partial charge in [-0.15, -0.1) is 11.3 Å². The third kappa shape index (κ3) is 4.56. The van der Waals surface area contributed by atoms with Crippen LogP contribution in [0.25, 0.3) is 0 Å². The highest BCUT2D eigenvalue weighted by molar-refractivity contribution is 7.91. The molecule has 0 bridgehead atoms. The van der Waals surface area contributed by atoms with Crippen LogP contribution in [0, 0.1) is 0 Å². The molecule has 0 aliphatic heterocycles. The number of carbonyl (C=O) groups is 1. The van der Waals surface area contributed by atoms with E-state index < -0.39 is 22.0 Å². The molecule has 1 aromatic rings. The van der Waals surface area contributed by atoms with Crippen molar-refractivity contribution >= 4 is 38.9 Å². The summed E-state index contributed by atoms with van der Waals surface area (Å²) < 4.78 is 26.8. The maximum absolute atomic E-state index is 12.0. The maximum atomic E-state index is 12.0. The van der Waals surface area contributed by atoms with Crippen molar-refractivity contribution in [3.05, 3.63) is 16.5 Å². The summed E-state index contributed by atoms with van der Waals surface area (Å²) in [5.74, 6) is -1.03. The molecule has 0 amide bonds. The predicted molar refractivity (Wildman–Crippen MR) is 70.6 cm³/mol. The molecule has 1 atom stereocenters. The number of sulfonamides is 1. The van der Waals surface area contributed by atoms with E-state index >= 15 is 0 Å². The Morgan fingerprint density at radius 1 is 1.56 bits per heavy atom. The van der Waals surface area contributed by atoms with Crippen molar-refractivity contribution in [2.75, 3.05) is 0 Å². The Balaban J connectivity index is 2.82. The van der Waals surface area contributed by atoms with Crippen LogP contribution in [0.5, 0.6) is 0 Å². The molecule has 0 spiro atoms. The van der Waals surface area contributed by atoms with E-state index in [9.17, 15) is 13.2 Å². The van der Waals surface area contributed by atoms with Gasteiger partial charge in [-0.3, -0.25) is 4.79 Å². The molecule has 1 rings (SSSR count). The fraction of sp³-hybridized carbons (Fsp3) is 0.500. The van der Waals surface area contributed by atoms with Crippen molar-refractivity contribution in [3.63, 3.8) is 0 Å². The van der Waals surface area contributed by atoms with Gasteiger partial charge in [0.2, 0.25) is 10.0 Å². The Labute approximate surface area is 115 Å². The quantitative estimate of drug-likeness (QED) is 0.809. The number of carboxylic acid groups (broad SMARTS) is 1. The van der Waals surface area contributed by atoms with Crippen LogP contribution in [0.1, 0.15) is 26.2 Å². The van der Waals surface area contributed by atoms with Crippen LogP contribution in [-0.2, 0) is 14.8 Å². The fourth-order valence-corrected chi connectivity index (χ4v) is 4.25. The van der Waals surface area contributed by atoms with Crippen molar-refractivity contribution in [2.24, 2.45) is 0 Å². The van der Waals surface area contributed by atoms with Gasteiger partial charge in [-0.1, -0.05) is 24.9 Å². The summed E-state index contributed by atoms with van der Waals surface area (Å²) in [4.78, 5) is 10.7. The SMILES string of the molecule is CCCC(CC(=O)O)NS(=O)(=O)c1ccc(Cl)s1. The van der Waals surface area contributed by atoms with Gasteiger partial charge >= 0.3 is 5.97 Å². The van der Waals surface area contributed by atoms with Gasteiger partial charge in [0.15, 0.2) is 0 Å². The van der Waals surface area contributed by atoms with Gasteiger partial charge in [-0.2, -0.15) is 0 Å². The van der Waals surface area contributed by atoms with Crippen LogP contribution in [-0.4, -0.2) is 25.5 Å². The number of nitrogens with one attached hydrogen (secondary N) is 1. The van der Waals surface area contributed by atoms with Gasteiger partial charge < -0.3 is 5.11 Å². The first-order chi connectivity index (χ1) is 8.35. The normalized spacial score (nSPS) is 13.4. The Morgan fingerprint density at radius 2 is 2.22 bits per heavy atom. The number of thiophene rings is 1. The van der Waals surface area contributed by atoms with Crippen molar-refractivity contribution < 1.29 is 18.3 Å². The molecule has 0 fully saturated rings. The number of carboxylic acids is 1. The molecule has 1 unspecified atom stereocenters. The average Bonchev–Trinajstić information content (AvgIpc) is 2.64. The number of rotatable bonds is 7. The maximum Gasteiger partial charge on any atom is 0.304 e. The predicted octanol–water partition coefficient (Wildman–Crippen LogP) is 2.32. The zero-order chi connectivity index (χ0) is 13.8. The minimum absolute atomic E-state index is 0.0963. The van der Waals surface area contributed by atoms with Gasteiger partial charge in [0, 0.05) is 6.04 Å². The molecule has 1 aromatic heterocycles. The van der Waals surface area contributed by atoms with Crippen molar-refractivity contribution in [3.8, 4) is 0 Å². The van der Waals surface area contributed by atoms with Crippen LogP contribution in [0.2, 0.25) is 4.34 Å². The molecule has 1 heterocycles. The zero-order valence-corrected chi connectivity index (χ0v) is 12.1. The first kappa shape index (κ1) is 15.4. The average molecular weight is 312 g/mol. The summed E-state index contributed by atoms with van der Waals surface area (Å²) in [6, 6.07) is 2.30. The molecule has 102 valence electrons. The van der Waals surface area contributed by atoms with E-state index in [2.05, 4.69) is 4.72 Å². The minimum Gasteiger partial charge on any atom is -0.481 e. The van der Waals surface area contributed by atoms with Crippen molar-refractivity contribution in [1.29, 1.82) is 0 Å². The van der Waals surface area contributed by atoms with Crippen LogP contribution < -0.4 is 4.72 Å². The van der Waals surface area contributed by atoms with Gasteiger partial charge in [0.05, 0.1) is 10.8 Å². The smallest absolute Gasteiger partial charge is 0.304 e. The van der Waals surface area contributed by atoms with E-state index in [1.807, 2.05) is 6.92 Å². The largest absolute Gasteiger partial charge is 0.481 e. The first-order valence-electron chi connectivity index (χ1n) is 5.34. The topological polar surface area (TPSA) is 83.5 Å². The number of aliphatic carboxylic acids is 1. The Kier molecular flexibility index (Phi) is 5.58. The molecule has 2 N–H and O–H groups in total. The molecule has 0 radical (unpaired) electrons. The lowest BCUT2D eigenvalue weighted by molar-refractivity contribution is -0.137. The summed E-state index contributed by atoms with van der Waals surface area (Å²) in [6.45, 7) is 1.87. The molecule has 8 heteroatoms. The third-order valence-electron chi connectivity index (χ3n) is 2.19. The van der Waals surface area contributed by atoms with Crippen LogP contribution in [0.3, 0.4) is 0 Å². The second-order valence-electron chi connectivity index (χ2n) is 3.76. The van der Waals surface area contributed by atoms with Gasteiger partial charge in [0.1, 0.15) is 4.21 Å². The van der Waals surface area contributed by atoms with Crippen molar-refractivity contribution in [2.45, 2.75) is 36.4 Å². The molecule has 0 aromatic carbocycles. The van der Waals surface area contributed by atoms with Crippen LogP contribution in [0.15, 0.2) is 16.3 Å². The summed E-state index contributed by atoms with van der Waals surface area (Å²) in [6.07, 6.45) is 0.947. The molecular weight excluding hydrogens is 298 g/mol. The Morgan fingerprint density at radius 3 is 2.67 bits per heavy atom. The fourth-order valence-electron chi connectivity index (χ4n) is 1.48. The lowest BCUT2D eigenvalue weighted by atomic mass is 10.1. The standard InChI is InChI=1S/C10H14ClNO4S2/c1-2-3-7(6-9(13)14)12-18(15,16)10-5-4-8(11)17-10/h4-5,7,12H,2-3,6H2,1H3,(H,13,14). The lowest BCUT2D eigenvalue weighted by Crippen LogP contribution is -2.36. The highest BCUT2D eigenvalue weighted by atomic mass is 35.5. The highest BCUT2D eigenvalue weighted by Crippen LogP contribution is 2.25. The summed E-state index contributed by atoms with van der Waals surface area (Å²) in [5.41, 5.74) is 0. The van der Waals surface area contributed by atoms with Gasteiger partial charge in [0.25, 0.3) is 0 Å². The number of hydrogen-bond donors (Lipinski definition) is 2. The molecule has 0 aliphatic rings. The second kappa shape index (κ2) is 6.51. The summed E-state index contributed by atoms with van der Waals surface area (Å²) >= 11 is 6.62. The van der Waals surface area contributed by atoms with E-state index in [0.29, 0.717) is 17.2 Å². The molecule has 0 aliphatic carbocycles. The Bertz CT molecular complexity index is 512. The van der Waals surface area contributed by atoms with E-state index in [1.54, 1.807) is 0 Å². The zero-order valence-electron chi connectivity index (χ0n) is 9.72. The summed E-state index contributed by atoms with van der Waals surface area (Å²) in [5, 5.41) is 8.73. The van der Waals surface area contributed by atoms with Crippen molar-refractivity contribution in [1.82, 2.24) is 4.72 Å². The minimum atomic E-state index is -3.69. The molecule has 0 saturated carbocycles. The van der Waals surface area contributed by atoms with E-state index in [0.717, 1.165) is 11.3 Å². The first-order valence-corrected chi connectivity index (χ1v) is 8.02. The molecule has 18 heavy (non-hydrogen) atoms. The molecular formula is C10H14ClNO4S2. The summed E-state index contributed by atoms with van der Waals surface area (Å²) in [7, 11) is -3.69. The highest BCUT2D eigenvalue weighted by Gasteiger charge is 2.22. The number of halogens is 1. The second-order valence-corrected chi connectivity index (χ2v) is 7.42. The number of hydrogen-bond acceptors (Lipinski definition) is 4. The van der Waals surface area contributed by atoms with E-state index in [1.165, 1.54) is 12.1 Å². The van der Waals surface area contributed by atoms with E-state index in [4.69, 9.17) is 16.7 Å². The van der Waals surface area contributed by atoms with Gasteiger partial charge in [-0.25, -0.2) is 13.1 Å². The molecule has 0 saturated heterocycles. The van der Waals surface area contributed by atoms with Gasteiger partial charge in [-0.05, 0) is 18.6 Å². The third-order valence-corrected chi connectivity index (χ3v) is 5.44. The monoisotopic (exact) mass is 311 g/mol. The molecule has 5 nitrogen and oxygen atoms in total.